The second-order valence-corrected chi connectivity index (χ2v) is 10.1. The monoisotopic (exact) mass is 407 g/mol. The van der Waals surface area contributed by atoms with Crippen molar-refractivity contribution in [3.63, 3.8) is 0 Å². The van der Waals surface area contributed by atoms with Crippen LogP contribution in [-0.4, -0.2) is 43.9 Å². The van der Waals surface area contributed by atoms with E-state index in [0.717, 1.165) is 13.8 Å². The Balaban J connectivity index is 1.76. The Bertz CT molecular complexity index is 719. The fourth-order valence-corrected chi connectivity index (χ4v) is 6.82. The van der Waals surface area contributed by atoms with Crippen molar-refractivity contribution in [2.24, 2.45) is 0 Å². The molecule has 21 heavy (non-hydrogen) atoms. The average Bonchev–Trinajstić information content (AvgIpc) is 3.09. The van der Waals surface area contributed by atoms with Crippen LogP contribution in [0.2, 0.25) is 0 Å². The lowest BCUT2D eigenvalue weighted by Gasteiger charge is -2.33. The Kier molecular flexibility index (Phi) is 4.37. The van der Waals surface area contributed by atoms with E-state index in [0.29, 0.717) is 31.1 Å². The van der Waals surface area contributed by atoms with Crippen molar-refractivity contribution in [3.8, 4) is 0 Å². The van der Waals surface area contributed by atoms with Gasteiger partial charge in [0.1, 0.15) is 0 Å². The van der Waals surface area contributed by atoms with Crippen LogP contribution in [0, 0.1) is 6.92 Å². The molecule has 0 radical (unpaired) electrons. The summed E-state index contributed by atoms with van der Waals surface area (Å²) in [7, 11) is -3.39. The van der Waals surface area contributed by atoms with Crippen LogP contribution in [0.4, 0.5) is 5.13 Å². The van der Waals surface area contributed by atoms with Crippen molar-refractivity contribution in [2.75, 3.05) is 31.1 Å². The van der Waals surface area contributed by atoms with Crippen molar-refractivity contribution in [1.82, 2.24) is 9.29 Å². The third-order valence-corrected chi connectivity index (χ3v) is 7.93. The van der Waals surface area contributed by atoms with Crippen LogP contribution in [0.5, 0.6) is 0 Å². The third kappa shape index (κ3) is 3.02. The molecule has 9 heteroatoms. The van der Waals surface area contributed by atoms with E-state index in [1.165, 1.54) is 11.3 Å². The van der Waals surface area contributed by atoms with E-state index in [-0.39, 0.29) is 0 Å². The minimum Gasteiger partial charge on any atom is -0.345 e. The number of rotatable bonds is 3. The molecule has 2 aromatic rings. The summed E-state index contributed by atoms with van der Waals surface area (Å²) in [4.78, 5) is 7.65. The number of aryl methyl sites for hydroxylation is 1. The Hall–Kier alpha value is -0.480. The van der Waals surface area contributed by atoms with Gasteiger partial charge in [0.15, 0.2) is 5.13 Å². The van der Waals surface area contributed by atoms with E-state index in [4.69, 9.17) is 0 Å². The SMILES string of the molecule is Cc1sc(Br)cc1S(=O)(=O)N1CCN(c2nccs2)CC1. The predicted octanol–water partition coefficient (Wildman–Crippen LogP) is 2.79. The molecule has 1 aliphatic rings. The molecule has 0 aromatic carbocycles. The van der Waals surface area contributed by atoms with Crippen LogP contribution in [0.15, 0.2) is 26.3 Å². The molecule has 3 heterocycles. The normalized spacial score (nSPS) is 17.3. The van der Waals surface area contributed by atoms with Crippen LogP contribution in [0.1, 0.15) is 4.88 Å². The fourth-order valence-electron chi connectivity index (χ4n) is 2.32. The van der Waals surface area contributed by atoms with Crippen LogP contribution >= 0.6 is 38.6 Å². The van der Waals surface area contributed by atoms with Gasteiger partial charge in [0.25, 0.3) is 0 Å². The second-order valence-electron chi connectivity index (χ2n) is 4.68. The van der Waals surface area contributed by atoms with Gasteiger partial charge in [0.05, 0.1) is 8.68 Å². The number of anilines is 1. The number of thiazole rings is 1. The molecule has 2 aromatic heterocycles. The summed E-state index contributed by atoms with van der Waals surface area (Å²) >= 11 is 6.39. The molecule has 0 N–H and O–H groups in total. The number of hydrogen-bond donors (Lipinski definition) is 0. The highest BCUT2D eigenvalue weighted by molar-refractivity contribution is 9.11. The van der Waals surface area contributed by atoms with E-state index in [9.17, 15) is 8.42 Å². The van der Waals surface area contributed by atoms with Crippen LogP contribution in [0.25, 0.3) is 0 Å². The number of sulfonamides is 1. The number of aromatic nitrogens is 1. The quantitative estimate of drug-likeness (QED) is 0.784. The maximum atomic E-state index is 12.7. The molecular weight excluding hydrogens is 394 g/mol. The van der Waals surface area contributed by atoms with E-state index in [1.807, 2.05) is 12.3 Å². The van der Waals surface area contributed by atoms with Gasteiger partial charge in [-0.15, -0.1) is 22.7 Å². The molecular formula is C12H14BrN3O2S3. The summed E-state index contributed by atoms with van der Waals surface area (Å²) in [6, 6.07) is 1.70. The van der Waals surface area contributed by atoms with Gasteiger partial charge in [-0.1, -0.05) is 0 Å². The molecule has 3 rings (SSSR count). The summed E-state index contributed by atoms with van der Waals surface area (Å²) in [6.45, 7) is 4.19. The standard InChI is InChI=1S/C12H14BrN3O2S3/c1-9-10(8-11(13)20-9)21(17,18)16-5-3-15(4-6-16)12-14-2-7-19-12/h2,7-8H,3-6H2,1H3. The lowest BCUT2D eigenvalue weighted by molar-refractivity contribution is 0.384. The smallest absolute Gasteiger partial charge is 0.244 e. The molecule has 1 aliphatic heterocycles. The molecule has 0 saturated carbocycles. The van der Waals surface area contributed by atoms with Gasteiger partial charge in [-0.25, -0.2) is 13.4 Å². The highest BCUT2D eigenvalue weighted by Gasteiger charge is 2.31. The molecule has 5 nitrogen and oxygen atoms in total. The van der Waals surface area contributed by atoms with Gasteiger partial charge in [-0.2, -0.15) is 4.31 Å². The van der Waals surface area contributed by atoms with Gasteiger partial charge in [-0.05, 0) is 28.9 Å². The van der Waals surface area contributed by atoms with Crippen molar-refractivity contribution >= 4 is 53.8 Å². The Morgan fingerprint density at radius 1 is 1.29 bits per heavy atom. The lowest BCUT2D eigenvalue weighted by Crippen LogP contribution is -2.48. The molecule has 0 spiro atoms. The van der Waals surface area contributed by atoms with E-state index >= 15 is 0 Å². The molecule has 0 bridgehead atoms. The summed E-state index contributed by atoms with van der Waals surface area (Å²) < 4.78 is 27.8. The number of thiophene rings is 1. The lowest BCUT2D eigenvalue weighted by atomic mass is 10.4. The minimum atomic E-state index is -3.39. The van der Waals surface area contributed by atoms with Gasteiger partial charge in [0.2, 0.25) is 10.0 Å². The third-order valence-electron chi connectivity index (χ3n) is 3.39. The highest BCUT2D eigenvalue weighted by atomic mass is 79.9. The van der Waals surface area contributed by atoms with Gasteiger partial charge >= 0.3 is 0 Å². The number of hydrogen-bond acceptors (Lipinski definition) is 6. The number of piperazine rings is 1. The summed E-state index contributed by atoms with van der Waals surface area (Å²) in [5.74, 6) is 0. The first-order valence-electron chi connectivity index (χ1n) is 6.39. The first-order valence-corrected chi connectivity index (χ1v) is 10.3. The molecule has 114 valence electrons. The zero-order valence-electron chi connectivity index (χ0n) is 11.3. The molecule has 1 fully saturated rings. The van der Waals surface area contributed by atoms with Gasteiger partial charge < -0.3 is 4.90 Å². The summed E-state index contributed by atoms with van der Waals surface area (Å²) in [5.41, 5.74) is 0. The average molecular weight is 408 g/mol. The Morgan fingerprint density at radius 3 is 2.52 bits per heavy atom. The molecule has 1 saturated heterocycles. The van der Waals surface area contributed by atoms with Crippen molar-refractivity contribution in [1.29, 1.82) is 0 Å². The zero-order valence-corrected chi connectivity index (χ0v) is 15.4. The molecule has 0 amide bonds. The van der Waals surface area contributed by atoms with E-state index < -0.39 is 10.0 Å². The zero-order chi connectivity index (χ0) is 15.0. The molecule has 0 unspecified atom stereocenters. The summed E-state index contributed by atoms with van der Waals surface area (Å²) in [6.07, 6.45) is 1.77. The first-order chi connectivity index (χ1) is 9.98. The number of halogens is 1. The highest BCUT2D eigenvalue weighted by Crippen LogP contribution is 2.32. The van der Waals surface area contributed by atoms with Crippen molar-refractivity contribution < 1.29 is 8.42 Å². The Morgan fingerprint density at radius 2 is 2.00 bits per heavy atom. The fraction of sp³-hybridized carbons (Fsp3) is 0.417. The second kappa shape index (κ2) is 5.96. The molecule has 0 aliphatic carbocycles. The van der Waals surface area contributed by atoms with E-state index in [1.54, 1.807) is 27.9 Å². The molecule has 0 atom stereocenters. The van der Waals surface area contributed by atoms with Crippen LogP contribution < -0.4 is 4.90 Å². The van der Waals surface area contributed by atoms with Gasteiger partial charge in [0, 0.05) is 42.6 Å². The first kappa shape index (κ1) is 15.4. The topological polar surface area (TPSA) is 53.5 Å². The van der Waals surface area contributed by atoms with Crippen LogP contribution in [0.3, 0.4) is 0 Å². The van der Waals surface area contributed by atoms with Gasteiger partial charge in [-0.3, -0.25) is 0 Å². The maximum absolute atomic E-state index is 12.7. The summed E-state index contributed by atoms with van der Waals surface area (Å²) in [5, 5.41) is 2.89. The van der Waals surface area contributed by atoms with Crippen LogP contribution in [-0.2, 0) is 10.0 Å². The minimum absolute atomic E-state index is 0.419. The maximum Gasteiger partial charge on any atom is 0.244 e. The Labute approximate surface area is 140 Å². The van der Waals surface area contributed by atoms with Crippen molar-refractivity contribution in [3.05, 3.63) is 26.3 Å². The van der Waals surface area contributed by atoms with E-state index in [2.05, 4.69) is 25.8 Å². The predicted molar refractivity (Wildman–Crippen MR) is 89.8 cm³/mol. The number of nitrogens with zero attached hydrogens (tertiary/aromatic N) is 3. The largest absolute Gasteiger partial charge is 0.345 e. The van der Waals surface area contributed by atoms with Crippen molar-refractivity contribution in [2.45, 2.75) is 11.8 Å².